The molecular weight excluding hydrogens is 339 g/mol. The Labute approximate surface area is 130 Å². The Balaban J connectivity index is 2.30. The van der Waals surface area contributed by atoms with Gasteiger partial charge in [-0.3, -0.25) is 4.79 Å². The SMILES string of the molecule is COc1ccc(C(=O)Nc2c(N)cc(C)cc2Br)c(F)c1. The molecule has 2 rings (SSSR count). The average molecular weight is 353 g/mol. The topological polar surface area (TPSA) is 64.3 Å². The van der Waals surface area contributed by atoms with Gasteiger partial charge in [0.15, 0.2) is 0 Å². The van der Waals surface area contributed by atoms with E-state index in [2.05, 4.69) is 21.2 Å². The Morgan fingerprint density at radius 3 is 2.62 bits per heavy atom. The van der Waals surface area contributed by atoms with Crippen molar-refractivity contribution in [1.82, 2.24) is 0 Å². The summed E-state index contributed by atoms with van der Waals surface area (Å²) in [6.07, 6.45) is 0. The zero-order chi connectivity index (χ0) is 15.6. The first-order valence-corrected chi connectivity index (χ1v) is 6.92. The molecule has 0 unspecified atom stereocenters. The molecule has 0 aliphatic carbocycles. The van der Waals surface area contributed by atoms with Gasteiger partial charge in [0, 0.05) is 10.5 Å². The summed E-state index contributed by atoms with van der Waals surface area (Å²) in [5.41, 5.74) is 7.57. The van der Waals surface area contributed by atoms with Crippen molar-refractivity contribution in [1.29, 1.82) is 0 Å². The number of aryl methyl sites for hydroxylation is 1. The van der Waals surface area contributed by atoms with Crippen LogP contribution in [0.3, 0.4) is 0 Å². The molecule has 2 aromatic rings. The van der Waals surface area contributed by atoms with Gasteiger partial charge in [-0.1, -0.05) is 0 Å². The maximum Gasteiger partial charge on any atom is 0.258 e. The van der Waals surface area contributed by atoms with Crippen molar-refractivity contribution >= 4 is 33.2 Å². The fourth-order valence-corrected chi connectivity index (χ4v) is 2.58. The molecular formula is C15H14BrFN2O2. The largest absolute Gasteiger partial charge is 0.497 e. The Bertz CT molecular complexity index is 681. The smallest absolute Gasteiger partial charge is 0.258 e. The van der Waals surface area contributed by atoms with Crippen LogP contribution in [0, 0.1) is 12.7 Å². The normalized spacial score (nSPS) is 10.3. The summed E-state index contributed by atoms with van der Waals surface area (Å²) in [7, 11) is 1.43. The molecule has 0 aromatic heterocycles. The van der Waals surface area contributed by atoms with Gasteiger partial charge in [-0.15, -0.1) is 0 Å². The van der Waals surface area contributed by atoms with E-state index in [0.29, 0.717) is 21.6 Å². The van der Waals surface area contributed by atoms with Gasteiger partial charge in [0.25, 0.3) is 5.91 Å². The molecule has 0 radical (unpaired) electrons. The standard InChI is InChI=1S/C15H14BrFN2O2/c1-8-5-11(16)14(13(18)6-8)19-15(20)10-4-3-9(21-2)7-12(10)17/h3-7H,18H2,1-2H3,(H,19,20). The lowest BCUT2D eigenvalue weighted by molar-refractivity contribution is 0.102. The van der Waals surface area contributed by atoms with Gasteiger partial charge in [0.05, 0.1) is 24.0 Å². The van der Waals surface area contributed by atoms with Gasteiger partial charge in [0.1, 0.15) is 11.6 Å². The molecule has 21 heavy (non-hydrogen) atoms. The number of methoxy groups -OCH3 is 1. The van der Waals surface area contributed by atoms with E-state index in [-0.39, 0.29) is 5.56 Å². The molecule has 110 valence electrons. The molecule has 0 heterocycles. The molecule has 3 N–H and O–H groups in total. The first-order chi connectivity index (χ1) is 9.92. The second-order valence-corrected chi connectivity index (χ2v) is 5.37. The third-order valence-electron chi connectivity index (χ3n) is 2.92. The van der Waals surface area contributed by atoms with Crippen LogP contribution in [0.2, 0.25) is 0 Å². The van der Waals surface area contributed by atoms with Crippen molar-refractivity contribution in [2.45, 2.75) is 6.92 Å². The van der Waals surface area contributed by atoms with Crippen LogP contribution in [0.1, 0.15) is 15.9 Å². The van der Waals surface area contributed by atoms with Crippen molar-refractivity contribution < 1.29 is 13.9 Å². The maximum absolute atomic E-state index is 13.9. The van der Waals surface area contributed by atoms with Crippen LogP contribution in [0.25, 0.3) is 0 Å². The number of amides is 1. The minimum atomic E-state index is -0.659. The number of nitrogen functional groups attached to an aromatic ring is 1. The Kier molecular flexibility index (Phi) is 4.47. The summed E-state index contributed by atoms with van der Waals surface area (Å²) in [4.78, 5) is 12.2. The summed E-state index contributed by atoms with van der Waals surface area (Å²) in [6, 6.07) is 7.58. The van der Waals surface area contributed by atoms with Gasteiger partial charge in [-0.25, -0.2) is 4.39 Å². The zero-order valence-electron chi connectivity index (χ0n) is 11.5. The molecule has 0 aliphatic rings. The van der Waals surface area contributed by atoms with Crippen LogP contribution in [0.15, 0.2) is 34.8 Å². The summed E-state index contributed by atoms with van der Waals surface area (Å²) in [5, 5.41) is 2.61. The summed E-state index contributed by atoms with van der Waals surface area (Å²) < 4.78 is 19.4. The third kappa shape index (κ3) is 3.33. The summed E-state index contributed by atoms with van der Waals surface area (Å²) >= 11 is 3.33. The molecule has 0 aliphatic heterocycles. The molecule has 6 heteroatoms. The van der Waals surface area contributed by atoms with E-state index in [1.54, 1.807) is 6.07 Å². The van der Waals surface area contributed by atoms with Crippen molar-refractivity contribution in [3.63, 3.8) is 0 Å². The van der Waals surface area contributed by atoms with Crippen molar-refractivity contribution in [3.05, 3.63) is 51.7 Å². The highest BCUT2D eigenvalue weighted by molar-refractivity contribution is 9.10. The van der Waals surface area contributed by atoms with Crippen LogP contribution >= 0.6 is 15.9 Å². The molecule has 4 nitrogen and oxygen atoms in total. The quantitative estimate of drug-likeness (QED) is 0.827. The molecule has 0 bridgehead atoms. The minimum absolute atomic E-state index is 0.0809. The van der Waals surface area contributed by atoms with E-state index in [1.165, 1.54) is 19.2 Å². The Morgan fingerprint density at radius 2 is 2.05 bits per heavy atom. The van der Waals surface area contributed by atoms with Gasteiger partial charge >= 0.3 is 0 Å². The van der Waals surface area contributed by atoms with Gasteiger partial charge in [-0.2, -0.15) is 0 Å². The van der Waals surface area contributed by atoms with E-state index in [4.69, 9.17) is 10.5 Å². The van der Waals surface area contributed by atoms with Crippen LogP contribution < -0.4 is 15.8 Å². The van der Waals surface area contributed by atoms with Gasteiger partial charge < -0.3 is 15.8 Å². The van der Waals surface area contributed by atoms with E-state index in [0.717, 1.165) is 11.6 Å². The number of halogens is 2. The van der Waals surface area contributed by atoms with Gasteiger partial charge in [0.2, 0.25) is 0 Å². The van der Waals surface area contributed by atoms with E-state index < -0.39 is 11.7 Å². The van der Waals surface area contributed by atoms with Crippen LogP contribution in [-0.2, 0) is 0 Å². The van der Waals surface area contributed by atoms with Crippen LogP contribution in [0.5, 0.6) is 5.75 Å². The Hall–Kier alpha value is -2.08. The summed E-state index contributed by atoms with van der Waals surface area (Å²) in [5.74, 6) is -0.889. The lowest BCUT2D eigenvalue weighted by Gasteiger charge is -2.12. The first-order valence-electron chi connectivity index (χ1n) is 6.13. The second-order valence-electron chi connectivity index (χ2n) is 4.51. The molecule has 1 amide bonds. The molecule has 0 saturated carbocycles. The second kappa shape index (κ2) is 6.13. The molecule has 2 aromatic carbocycles. The maximum atomic E-state index is 13.9. The number of nitrogens with two attached hydrogens (primary N) is 1. The highest BCUT2D eigenvalue weighted by Gasteiger charge is 2.15. The number of benzene rings is 2. The highest BCUT2D eigenvalue weighted by atomic mass is 79.9. The van der Waals surface area contributed by atoms with Crippen molar-refractivity contribution in [3.8, 4) is 5.75 Å². The monoisotopic (exact) mass is 352 g/mol. The van der Waals surface area contributed by atoms with Crippen molar-refractivity contribution in [2.75, 3.05) is 18.2 Å². The predicted molar refractivity (Wildman–Crippen MR) is 84.2 cm³/mol. The predicted octanol–water partition coefficient (Wildman–Crippen LogP) is 3.74. The fourth-order valence-electron chi connectivity index (χ4n) is 1.89. The Morgan fingerprint density at radius 1 is 1.33 bits per heavy atom. The number of carbonyl (C=O) groups excluding carboxylic acids is 1. The third-order valence-corrected chi connectivity index (χ3v) is 3.55. The minimum Gasteiger partial charge on any atom is -0.497 e. The molecule has 0 atom stereocenters. The van der Waals surface area contributed by atoms with Crippen molar-refractivity contribution in [2.24, 2.45) is 0 Å². The van der Waals surface area contributed by atoms with Crippen LogP contribution in [-0.4, -0.2) is 13.0 Å². The number of rotatable bonds is 3. The molecule has 0 saturated heterocycles. The highest BCUT2D eigenvalue weighted by Crippen LogP contribution is 2.31. The number of anilines is 2. The number of nitrogens with one attached hydrogen (secondary N) is 1. The lowest BCUT2D eigenvalue weighted by Crippen LogP contribution is -2.15. The van der Waals surface area contributed by atoms with Crippen LogP contribution in [0.4, 0.5) is 15.8 Å². The molecule has 0 fully saturated rings. The lowest BCUT2D eigenvalue weighted by atomic mass is 10.1. The number of hydrogen-bond acceptors (Lipinski definition) is 3. The molecule has 0 spiro atoms. The number of hydrogen-bond donors (Lipinski definition) is 2. The number of ether oxygens (including phenoxy) is 1. The first kappa shape index (κ1) is 15.3. The summed E-state index contributed by atoms with van der Waals surface area (Å²) in [6.45, 7) is 1.88. The number of carbonyl (C=O) groups is 1. The fraction of sp³-hybridized carbons (Fsp3) is 0.133. The van der Waals surface area contributed by atoms with Gasteiger partial charge in [-0.05, 0) is 52.7 Å². The average Bonchev–Trinajstić information content (AvgIpc) is 2.42. The zero-order valence-corrected chi connectivity index (χ0v) is 13.1. The van der Waals surface area contributed by atoms with E-state index in [9.17, 15) is 9.18 Å². The van der Waals surface area contributed by atoms with E-state index >= 15 is 0 Å². The van der Waals surface area contributed by atoms with E-state index in [1.807, 2.05) is 13.0 Å².